The lowest BCUT2D eigenvalue weighted by molar-refractivity contribution is 0.670. The summed E-state index contributed by atoms with van der Waals surface area (Å²) in [5, 5.41) is 6.72. The summed E-state index contributed by atoms with van der Waals surface area (Å²) >= 11 is 0. The highest BCUT2D eigenvalue weighted by Crippen LogP contribution is 2.49. The topological polar surface area (TPSA) is 19.6 Å². The number of aryl methyl sites for hydroxylation is 4. The Balaban J connectivity index is 0.971. The van der Waals surface area contributed by atoms with Gasteiger partial charge in [-0.2, -0.15) is 0 Å². The van der Waals surface area contributed by atoms with Crippen molar-refractivity contribution in [1.82, 2.24) is 0 Å². The molecule has 0 N–H and O–H groups in total. The third-order valence-electron chi connectivity index (χ3n) is 14.8. The first-order valence-electron chi connectivity index (χ1n) is 25.9. The maximum Gasteiger partial charge on any atom is 0.136 e. The summed E-state index contributed by atoms with van der Waals surface area (Å²) in [6.07, 6.45) is 0. The number of fused-ring (bicyclic) bond motifs is 5. The van der Waals surface area contributed by atoms with E-state index in [2.05, 4.69) is 292 Å². The van der Waals surface area contributed by atoms with Gasteiger partial charge in [0.25, 0.3) is 0 Å². The van der Waals surface area contributed by atoms with Gasteiger partial charge in [-0.3, -0.25) is 0 Å². The van der Waals surface area contributed by atoms with E-state index in [0.717, 1.165) is 88.7 Å². The molecule has 0 atom stereocenters. The van der Waals surface area contributed by atoms with Crippen LogP contribution in [-0.4, -0.2) is 0 Å². The van der Waals surface area contributed by atoms with Gasteiger partial charge in [0.05, 0.1) is 22.7 Å². The fourth-order valence-electron chi connectivity index (χ4n) is 11.1. The van der Waals surface area contributed by atoms with Crippen molar-refractivity contribution in [2.45, 2.75) is 27.7 Å². The van der Waals surface area contributed by atoms with E-state index in [1.54, 1.807) is 0 Å². The maximum atomic E-state index is 6.95. The highest BCUT2D eigenvalue weighted by molar-refractivity contribution is 6.14. The molecule has 0 aliphatic heterocycles. The second kappa shape index (κ2) is 18.9. The van der Waals surface area contributed by atoms with Gasteiger partial charge in [-0.05, 0) is 168 Å². The minimum atomic E-state index is 0.860. The van der Waals surface area contributed by atoms with E-state index in [1.165, 1.54) is 55.6 Å². The first kappa shape index (κ1) is 45.4. The number of furan rings is 1. The van der Waals surface area contributed by atoms with E-state index in [9.17, 15) is 0 Å². The van der Waals surface area contributed by atoms with E-state index in [4.69, 9.17) is 4.42 Å². The summed E-state index contributed by atoms with van der Waals surface area (Å²) in [6.45, 7) is 8.71. The first-order valence-corrected chi connectivity index (χ1v) is 25.9. The summed E-state index contributed by atoms with van der Waals surface area (Å²) < 4.78 is 6.95. The molecule has 75 heavy (non-hydrogen) atoms. The van der Waals surface area contributed by atoms with Crippen LogP contribution in [0.5, 0.6) is 0 Å². The fraction of sp³-hybridized carbons (Fsp3) is 0.0556. The number of hydrogen-bond acceptors (Lipinski definition) is 3. The molecule has 358 valence electrons. The Morgan fingerprint density at radius 2 is 0.600 bits per heavy atom. The van der Waals surface area contributed by atoms with E-state index >= 15 is 0 Å². The highest BCUT2D eigenvalue weighted by atomic mass is 16.3. The average Bonchev–Trinajstić information content (AvgIpc) is 3.82. The van der Waals surface area contributed by atoms with Crippen LogP contribution in [0.3, 0.4) is 0 Å². The molecule has 0 saturated heterocycles. The van der Waals surface area contributed by atoms with Crippen LogP contribution in [0.15, 0.2) is 259 Å². The van der Waals surface area contributed by atoms with E-state index in [-0.39, 0.29) is 0 Å². The first-order chi connectivity index (χ1) is 36.8. The number of anilines is 6. The normalized spacial score (nSPS) is 11.5. The molecule has 0 spiro atoms. The van der Waals surface area contributed by atoms with Crippen molar-refractivity contribution < 1.29 is 4.42 Å². The minimum Gasteiger partial charge on any atom is -0.456 e. The van der Waals surface area contributed by atoms with Crippen LogP contribution < -0.4 is 9.80 Å². The van der Waals surface area contributed by atoms with Crippen LogP contribution in [0, 0.1) is 27.7 Å². The molecule has 1 aromatic heterocycles. The lowest BCUT2D eigenvalue weighted by atomic mass is 9.96. The maximum absolute atomic E-state index is 6.95. The Kier molecular flexibility index (Phi) is 11.4. The zero-order valence-electron chi connectivity index (χ0n) is 42.6. The SMILES string of the molecule is Cc1ccc(N(c2ccc3cc4c(cc3c2)oc2cc3cc(N(c5ccc(C)cc5-c5ccccc5)c5cc(C)ccc5-c5ccccc5)ccc3cc24)c2cc(C)ccc2-c2ccccc2)c(-c2ccccc2)c1. The van der Waals surface area contributed by atoms with Gasteiger partial charge in [0.1, 0.15) is 11.2 Å². The molecule has 0 aliphatic rings. The summed E-state index contributed by atoms with van der Waals surface area (Å²) in [4.78, 5) is 4.90. The van der Waals surface area contributed by atoms with Crippen LogP contribution in [0.2, 0.25) is 0 Å². The van der Waals surface area contributed by atoms with Crippen LogP contribution in [0.1, 0.15) is 22.3 Å². The predicted molar refractivity (Wildman–Crippen MR) is 319 cm³/mol. The molecule has 0 unspecified atom stereocenters. The second-order valence-corrected chi connectivity index (χ2v) is 20.1. The van der Waals surface area contributed by atoms with E-state index < -0.39 is 0 Å². The number of hydrogen-bond donors (Lipinski definition) is 0. The molecule has 0 amide bonds. The smallest absolute Gasteiger partial charge is 0.136 e. The molecular formula is C72H54N2O. The quantitative estimate of drug-likeness (QED) is 0.136. The number of rotatable bonds is 10. The van der Waals surface area contributed by atoms with Crippen molar-refractivity contribution in [3.8, 4) is 44.5 Å². The summed E-state index contributed by atoms with van der Waals surface area (Å²) in [7, 11) is 0. The second-order valence-electron chi connectivity index (χ2n) is 20.1. The molecule has 3 heteroatoms. The Morgan fingerprint density at radius 3 is 0.987 bits per heavy atom. The van der Waals surface area contributed by atoms with Crippen molar-refractivity contribution in [2.75, 3.05) is 9.80 Å². The monoisotopic (exact) mass is 962 g/mol. The lowest BCUT2D eigenvalue weighted by Gasteiger charge is -2.31. The Bertz CT molecular complexity index is 4000. The van der Waals surface area contributed by atoms with Gasteiger partial charge in [-0.25, -0.2) is 0 Å². The standard InChI is InChI=1S/C72H54N2O/c1-47-27-35-67(63(37-47)53-21-13-7-14-22-53)73(69-39-49(3)25-33-61(69)51-17-9-5-10-18-51)59-31-29-55-43-65-66-44-56-30-32-60(42-58(56)46-72(66)75-71(65)45-57(55)41-59)74(68-36-28-48(2)38-64(68)54-23-15-8-16-24-54)70-40-50(4)26-34-62(70)52-19-11-6-12-20-52/h5-46H,1-4H3. The van der Waals surface area contributed by atoms with Crippen LogP contribution in [-0.2, 0) is 0 Å². The Labute approximate surface area is 438 Å². The van der Waals surface area contributed by atoms with Crippen LogP contribution >= 0.6 is 0 Å². The lowest BCUT2D eigenvalue weighted by Crippen LogP contribution is -2.13. The minimum absolute atomic E-state index is 0.860. The third-order valence-corrected chi connectivity index (χ3v) is 14.8. The van der Waals surface area contributed by atoms with Gasteiger partial charge < -0.3 is 14.2 Å². The van der Waals surface area contributed by atoms with Crippen molar-refractivity contribution in [3.05, 3.63) is 277 Å². The van der Waals surface area contributed by atoms with E-state index in [1.807, 2.05) is 0 Å². The molecule has 0 fully saturated rings. The molecule has 3 nitrogen and oxygen atoms in total. The molecule has 12 aromatic carbocycles. The van der Waals surface area contributed by atoms with Crippen molar-refractivity contribution in [1.29, 1.82) is 0 Å². The summed E-state index contributed by atoms with van der Waals surface area (Å²) in [5.74, 6) is 0. The van der Waals surface area contributed by atoms with Gasteiger partial charge >= 0.3 is 0 Å². The van der Waals surface area contributed by atoms with Crippen LogP contribution in [0.25, 0.3) is 88.0 Å². The molecule has 0 aliphatic carbocycles. The zero-order valence-corrected chi connectivity index (χ0v) is 42.6. The van der Waals surface area contributed by atoms with Crippen molar-refractivity contribution in [2.24, 2.45) is 0 Å². The molecule has 0 radical (unpaired) electrons. The fourth-order valence-corrected chi connectivity index (χ4v) is 11.1. The molecule has 13 rings (SSSR count). The summed E-state index contributed by atoms with van der Waals surface area (Å²) in [5.41, 5.74) is 22.5. The van der Waals surface area contributed by atoms with Gasteiger partial charge in [-0.1, -0.05) is 181 Å². The van der Waals surface area contributed by atoms with E-state index in [0.29, 0.717) is 0 Å². The number of nitrogens with zero attached hydrogens (tertiary/aromatic N) is 2. The van der Waals surface area contributed by atoms with Gasteiger partial charge in [0.15, 0.2) is 0 Å². The van der Waals surface area contributed by atoms with Gasteiger partial charge in [-0.15, -0.1) is 0 Å². The van der Waals surface area contributed by atoms with Crippen LogP contribution in [0.4, 0.5) is 34.1 Å². The highest BCUT2D eigenvalue weighted by Gasteiger charge is 2.24. The Morgan fingerprint density at radius 1 is 0.253 bits per heavy atom. The molecular weight excluding hydrogens is 909 g/mol. The van der Waals surface area contributed by atoms with Gasteiger partial charge in [0.2, 0.25) is 0 Å². The molecule has 0 saturated carbocycles. The molecule has 1 heterocycles. The van der Waals surface area contributed by atoms with Crippen molar-refractivity contribution >= 4 is 77.6 Å². The van der Waals surface area contributed by atoms with Crippen molar-refractivity contribution in [3.63, 3.8) is 0 Å². The molecule has 13 aromatic rings. The average molecular weight is 963 g/mol. The zero-order chi connectivity index (χ0) is 50.6. The Hall–Kier alpha value is -9.44. The summed E-state index contributed by atoms with van der Waals surface area (Å²) in [6, 6.07) is 93.1. The third kappa shape index (κ3) is 8.49. The predicted octanol–water partition coefficient (Wildman–Crippen LogP) is 20.7. The number of benzene rings is 12. The molecule has 0 bridgehead atoms. The largest absolute Gasteiger partial charge is 0.456 e. The van der Waals surface area contributed by atoms with Gasteiger partial charge in [0, 0.05) is 44.4 Å².